The highest BCUT2D eigenvalue weighted by Crippen LogP contribution is 2.34. The number of benzene rings is 2. The maximum absolute atomic E-state index is 14.4. The lowest BCUT2D eigenvalue weighted by Crippen LogP contribution is -2.15. The summed E-state index contributed by atoms with van der Waals surface area (Å²) in [5, 5.41) is 7.11. The number of amides is 1. The number of ether oxygens (including phenoxy) is 2. The standard InChI is InChI=1S/C21H15FN4O3/c22-16-5-1-2-6-17(16)26-21(25-9-3-4-10-25)15(12-23-26)20(27)24-14-7-8-18-19(11-14)29-13-28-18/h1-12H,13H2,(H,24,27). The van der Waals surface area contributed by atoms with Gasteiger partial charge in [-0.2, -0.15) is 5.10 Å². The van der Waals surface area contributed by atoms with Crippen molar-refractivity contribution in [1.82, 2.24) is 14.3 Å². The second-order valence-corrected chi connectivity index (χ2v) is 6.36. The second-order valence-electron chi connectivity index (χ2n) is 6.36. The van der Waals surface area contributed by atoms with Crippen LogP contribution in [0.5, 0.6) is 11.5 Å². The highest BCUT2D eigenvalue weighted by Gasteiger charge is 2.22. The van der Waals surface area contributed by atoms with Gasteiger partial charge in [0.25, 0.3) is 5.91 Å². The number of carbonyl (C=O) groups excluding carboxylic acids is 1. The number of aromatic nitrogens is 3. The molecule has 0 saturated carbocycles. The second kappa shape index (κ2) is 6.83. The van der Waals surface area contributed by atoms with Gasteiger partial charge in [-0.15, -0.1) is 0 Å². The van der Waals surface area contributed by atoms with E-state index in [9.17, 15) is 9.18 Å². The summed E-state index contributed by atoms with van der Waals surface area (Å²) in [6.45, 7) is 0.153. The van der Waals surface area contributed by atoms with Crippen LogP contribution < -0.4 is 14.8 Å². The van der Waals surface area contributed by atoms with E-state index < -0.39 is 5.82 Å². The van der Waals surface area contributed by atoms with E-state index in [0.717, 1.165) is 0 Å². The highest BCUT2D eigenvalue weighted by molar-refractivity contribution is 6.06. The lowest BCUT2D eigenvalue weighted by molar-refractivity contribution is 0.102. The predicted molar refractivity (Wildman–Crippen MR) is 103 cm³/mol. The first-order chi connectivity index (χ1) is 14.2. The summed E-state index contributed by atoms with van der Waals surface area (Å²) >= 11 is 0. The van der Waals surface area contributed by atoms with Gasteiger partial charge in [0.15, 0.2) is 17.3 Å². The molecule has 0 unspecified atom stereocenters. The Bertz CT molecular complexity index is 1200. The van der Waals surface area contributed by atoms with Gasteiger partial charge in [0.2, 0.25) is 6.79 Å². The largest absolute Gasteiger partial charge is 0.454 e. The monoisotopic (exact) mass is 390 g/mol. The van der Waals surface area contributed by atoms with Gasteiger partial charge in [-0.05, 0) is 36.4 Å². The van der Waals surface area contributed by atoms with Gasteiger partial charge in [0.05, 0.1) is 6.20 Å². The first-order valence-corrected chi connectivity index (χ1v) is 8.88. The fraction of sp³-hybridized carbons (Fsp3) is 0.0476. The number of fused-ring (bicyclic) bond motifs is 1. The Balaban J connectivity index is 1.55. The highest BCUT2D eigenvalue weighted by atomic mass is 19.1. The van der Waals surface area contributed by atoms with E-state index in [2.05, 4.69) is 10.4 Å². The molecule has 0 fully saturated rings. The Hall–Kier alpha value is -4.07. The van der Waals surface area contributed by atoms with Crippen LogP contribution >= 0.6 is 0 Å². The molecule has 5 rings (SSSR count). The van der Waals surface area contributed by atoms with Crippen molar-refractivity contribution in [2.75, 3.05) is 12.1 Å². The Morgan fingerprint density at radius 1 is 1.03 bits per heavy atom. The zero-order chi connectivity index (χ0) is 19.8. The number of halogens is 1. The van der Waals surface area contributed by atoms with Crippen molar-refractivity contribution in [3.05, 3.63) is 84.6 Å². The molecule has 29 heavy (non-hydrogen) atoms. The normalized spacial score (nSPS) is 12.2. The minimum absolute atomic E-state index is 0.153. The summed E-state index contributed by atoms with van der Waals surface area (Å²) in [6, 6.07) is 15.1. The molecule has 4 aromatic rings. The molecule has 0 bridgehead atoms. The maximum atomic E-state index is 14.4. The van der Waals surface area contributed by atoms with Crippen LogP contribution in [-0.4, -0.2) is 27.0 Å². The van der Waals surface area contributed by atoms with Crippen LogP contribution in [0.3, 0.4) is 0 Å². The third kappa shape index (κ3) is 3.00. The quantitative estimate of drug-likeness (QED) is 0.576. The third-order valence-corrected chi connectivity index (χ3v) is 4.55. The zero-order valence-corrected chi connectivity index (χ0v) is 15.1. The Kier molecular flexibility index (Phi) is 4.02. The number of nitrogens with zero attached hydrogens (tertiary/aromatic N) is 3. The van der Waals surface area contributed by atoms with Gasteiger partial charge in [0, 0.05) is 24.1 Å². The van der Waals surface area contributed by atoms with E-state index in [-0.39, 0.29) is 18.4 Å². The number of anilines is 1. The average molecular weight is 390 g/mol. The number of carbonyl (C=O) groups is 1. The van der Waals surface area contributed by atoms with Crippen molar-refractivity contribution in [3.63, 3.8) is 0 Å². The molecule has 0 spiro atoms. The minimum atomic E-state index is -0.438. The SMILES string of the molecule is O=C(Nc1ccc2c(c1)OCO2)c1cnn(-c2ccccc2F)c1-n1cccc1. The van der Waals surface area contributed by atoms with Crippen LogP contribution in [0.1, 0.15) is 10.4 Å². The number of hydrogen-bond donors (Lipinski definition) is 1. The minimum Gasteiger partial charge on any atom is -0.454 e. The lowest BCUT2D eigenvalue weighted by Gasteiger charge is -2.12. The first-order valence-electron chi connectivity index (χ1n) is 8.88. The molecule has 1 amide bonds. The van der Waals surface area contributed by atoms with E-state index in [1.54, 1.807) is 53.4 Å². The molecule has 8 heteroatoms. The van der Waals surface area contributed by atoms with Gasteiger partial charge in [-0.25, -0.2) is 9.07 Å². The first kappa shape index (κ1) is 17.1. The molecule has 1 aliphatic rings. The number of para-hydroxylation sites is 1. The van der Waals surface area contributed by atoms with Crippen LogP contribution in [0.4, 0.5) is 10.1 Å². The van der Waals surface area contributed by atoms with Crippen LogP contribution in [0, 0.1) is 5.82 Å². The predicted octanol–water partition coefficient (Wildman–Crippen LogP) is 3.78. The summed E-state index contributed by atoms with van der Waals surface area (Å²) < 4.78 is 28.1. The van der Waals surface area contributed by atoms with Crippen molar-refractivity contribution in [1.29, 1.82) is 0 Å². The smallest absolute Gasteiger partial charge is 0.261 e. The van der Waals surface area contributed by atoms with Gasteiger partial charge in [0.1, 0.15) is 17.1 Å². The molecular weight excluding hydrogens is 375 g/mol. The number of rotatable bonds is 4. The van der Waals surface area contributed by atoms with Gasteiger partial charge < -0.3 is 19.4 Å². The molecule has 0 radical (unpaired) electrons. The third-order valence-electron chi connectivity index (χ3n) is 4.55. The summed E-state index contributed by atoms with van der Waals surface area (Å²) in [4.78, 5) is 13.0. The fourth-order valence-corrected chi connectivity index (χ4v) is 3.20. The fourth-order valence-electron chi connectivity index (χ4n) is 3.20. The molecule has 144 valence electrons. The molecule has 0 atom stereocenters. The summed E-state index contributed by atoms with van der Waals surface area (Å²) in [7, 11) is 0. The van der Waals surface area contributed by atoms with Crippen molar-refractivity contribution in [2.24, 2.45) is 0 Å². The van der Waals surface area contributed by atoms with Crippen LogP contribution in [0.2, 0.25) is 0 Å². The Morgan fingerprint density at radius 3 is 2.66 bits per heavy atom. The molecule has 0 aliphatic carbocycles. The maximum Gasteiger partial charge on any atom is 0.261 e. The van der Waals surface area contributed by atoms with Crippen molar-refractivity contribution < 1.29 is 18.7 Å². The zero-order valence-electron chi connectivity index (χ0n) is 15.1. The number of nitrogens with one attached hydrogen (secondary N) is 1. The molecule has 3 heterocycles. The molecule has 1 aliphatic heterocycles. The molecule has 2 aromatic carbocycles. The van der Waals surface area contributed by atoms with E-state index >= 15 is 0 Å². The summed E-state index contributed by atoms with van der Waals surface area (Å²) in [5.74, 6) is 0.805. The van der Waals surface area contributed by atoms with Crippen molar-refractivity contribution >= 4 is 11.6 Å². The lowest BCUT2D eigenvalue weighted by atomic mass is 10.2. The van der Waals surface area contributed by atoms with E-state index in [4.69, 9.17) is 9.47 Å². The van der Waals surface area contributed by atoms with Crippen LogP contribution in [0.25, 0.3) is 11.5 Å². The van der Waals surface area contributed by atoms with Crippen LogP contribution in [0.15, 0.2) is 73.2 Å². The van der Waals surface area contributed by atoms with E-state index in [0.29, 0.717) is 28.6 Å². The number of hydrogen-bond acceptors (Lipinski definition) is 4. The van der Waals surface area contributed by atoms with Crippen molar-refractivity contribution in [3.8, 4) is 23.0 Å². The molecule has 1 N–H and O–H groups in total. The average Bonchev–Trinajstić information content (AvgIpc) is 3.47. The molecule has 7 nitrogen and oxygen atoms in total. The molecule has 2 aromatic heterocycles. The Labute approximate surface area is 164 Å². The summed E-state index contributed by atoms with van der Waals surface area (Å²) in [5.41, 5.74) is 1.09. The van der Waals surface area contributed by atoms with E-state index in [1.165, 1.54) is 16.9 Å². The van der Waals surface area contributed by atoms with Crippen LogP contribution in [-0.2, 0) is 0 Å². The molecule has 0 saturated heterocycles. The molecular formula is C21H15FN4O3. The van der Waals surface area contributed by atoms with Gasteiger partial charge >= 0.3 is 0 Å². The van der Waals surface area contributed by atoms with Crippen molar-refractivity contribution in [2.45, 2.75) is 0 Å². The summed E-state index contributed by atoms with van der Waals surface area (Å²) in [6.07, 6.45) is 4.96. The van der Waals surface area contributed by atoms with Gasteiger partial charge in [-0.3, -0.25) is 4.79 Å². The Morgan fingerprint density at radius 2 is 1.83 bits per heavy atom. The van der Waals surface area contributed by atoms with Gasteiger partial charge in [-0.1, -0.05) is 12.1 Å². The van der Waals surface area contributed by atoms with E-state index in [1.807, 2.05) is 12.1 Å². The topological polar surface area (TPSA) is 70.3 Å².